The van der Waals surface area contributed by atoms with E-state index in [-0.39, 0.29) is 12.5 Å². The van der Waals surface area contributed by atoms with Gasteiger partial charge in [0.15, 0.2) is 18.1 Å². The summed E-state index contributed by atoms with van der Waals surface area (Å²) in [6.45, 7) is 6.89. The van der Waals surface area contributed by atoms with Crippen LogP contribution in [0.15, 0.2) is 60.7 Å². The topological polar surface area (TPSA) is 59.6 Å². The van der Waals surface area contributed by atoms with Crippen LogP contribution in [0.4, 0.5) is 11.4 Å². The number of carbonyl (C=O) groups is 1. The van der Waals surface area contributed by atoms with Gasteiger partial charge in [-0.2, -0.15) is 0 Å². The molecule has 5 nitrogen and oxygen atoms in total. The fourth-order valence-electron chi connectivity index (χ4n) is 3.02. The Bertz CT molecular complexity index is 1040. The lowest BCUT2D eigenvalue weighted by Gasteiger charge is -2.15. The van der Waals surface area contributed by atoms with Crippen LogP contribution in [-0.4, -0.2) is 19.1 Å². The molecule has 0 aliphatic rings. The van der Waals surface area contributed by atoms with Gasteiger partial charge in [0.2, 0.25) is 0 Å². The number of anilines is 2. The summed E-state index contributed by atoms with van der Waals surface area (Å²) >= 11 is 6.19. The number of amides is 1. The highest BCUT2D eigenvalue weighted by Gasteiger charge is 2.10. The lowest BCUT2D eigenvalue weighted by Crippen LogP contribution is -2.20. The van der Waals surface area contributed by atoms with Crippen LogP contribution in [-0.2, 0) is 11.3 Å². The second-order valence-electron chi connectivity index (χ2n) is 7.18. The van der Waals surface area contributed by atoms with Crippen molar-refractivity contribution in [3.8, 4) is 11.5 Å². The molecule has 3 rings (SSSR count). The first-order valence-electron chi connectivity index (χ1n) is 10.2. The Labute approximate surface area is 188 Å². The quantitative estimate of drug-likeness (QED) is 0.431. The molecule has 0 aliphatic carbocycles. The molecule has 0 spiro atoms. The predicted octanol–water partition coefficient (Wildman–Crippen LogP) is 5.99. The molecular weight excluding hydrogens is 412 g/mol. The fourth-order valence-corrected chi connectivity index (χ4v) is 3.20. The summed E-state index contributed by atoms with van der Waals surface area (Å²) in [6.07, 6.45) is 0. The Morgan fingerprint density at radius 2 is 1.74 bits per heavy atom. The third-order valence-corrected chi connectivity index (χ3v) is 5.16. The van der Waals surface area contributed by atoms with Gasteiger partial charge in [0.25, 0.3) is 5.91 Å². The van der Waals surface area contributed by atoms with Gasteiger partial charge in [0.1, 0.15) is 0 Å². The van der Waals surface area contributed by atoms with Crippen molar-refractivity contribution in [2.75, 3.05) is 23.8 Å². The van der Waals surface area contributed by atoms with Gasteiger partial charge in [-0.25, -0.2) is 0 Å². The maximum Gasteiger partial charge on any atom is 0.262 e. The Morgan fingerprint density at radius 3 is 2.48 bits per heavy atom. The molecule has 3 aromatic rings. The second kappa shape index (κ2) is 10.7. The van der Waals surface area contributed by atoms with Crippen molar-refractivity contribution in [1.29, 1.82) is 0 Å². The molecule has 0 saturated carbocycles. The lowest BCUT2D eigenvalue weighted by molar-refractivity contribution is -0.118. The van der Waals surface area contributed by atoms with E-state index in [0.717, 1.165) is 33.1 Å². The van der Waals surface area contributed by atoms with Crippen LogP contribution in [0.1, 0.15) is 23.6 Å². The number of hydrogen-bond acceptors (Lipinski definition) is 4. The van der Waals surface area contributed by atoms with Gasteiger partial charge in [0.05, 0.1) is 6.61 Å². The summed E-state index contributed by atoms with van der Waals surface area (Å²) in [4.78, 5) is 12.2. The van der Waals surface area contributed by atoms with E-state index in [1.54, 1.807) is 0 Å². The van der Waals surface area contributed by atoms with Crippen molar-refractivity contribution >= 4 is 28.9 Å². The number of carbonyl (C=O) groups excluding carboxylic acids is 1. The van der Waals surface area contributed by atoms with Gasteiger partial charge < -0.3 is 20.1 Å². The van der Waals surface area contributed by atoms with Crippen molar-refractivity contribution in [1.82, 2.24) is 0 Å². The molecule has 0 heterocycles. The first kappa shape index (κ1) is 22.5. The van der Waals surface area contributed by atoms with Crippen molar-refractivity contribution in [2.24, 2.45) is 0 Å². The zero-order valence-corrected chi connectivity index (χ0v) is 18.8. The maximum absolute atomic E-state index is 12.2. The summed E-state index contributed by atoms with van der Waals surface area (Å²) in [5, 5.41) is 6.95. The molecule has 0 unspecified atom stereocenters. The molecule has 0 saturated heterocycles. The number of hydrogen-bond donors (Lipinski definition) is 2. The van der Waals surface area contributed by atoms with Crippen LogP contribution in [0.25, 0.3) is 0 Å². The Kier molecular flexibility index (Phi) is 7.79. The van der Waals surface area contributed by atoms with Crippen LogP contribution < -0.4 is 20.1 Å². The van der Waals surface area contributed by atoms with Gasteiger partial charge in [-0.15, -0.1) is 0 Å². The molecular formula is C25H27ClN2O3. The molecule has 0 atom stereocenters. The van der Waals surface area contributed by atoms with E-state index in [4.69, 9.17) is 21.1 Å². The summed E-state index contributed by atoms with van der Waals surface area (Å²) in [5.74, 6) is 0.907. The highest BCUT2D eigenvalue weighted by atomic mass is 35.5. The average Bonchev–Trinajstić information content (AvgIpc) is 2.76. The predicted molar refractivity (Wildman–Crippen MR) is 126 cm³/mol. The van der Waals surface area contributed by atoms with Crippen molar-refractivity contribution in [3.05, 3.63) is 82.4 Å². The molecule has 0 bridgehead atoms. The molecule has 0 fully saturated rings. The smallest absolute Gasteiger partial charge is 0.262 e. The molecule has 2 N–H and O–H groups in total. The van der Waals surface area contributed by atoms with E-state index in [9.17, 15) is 4.79 Å². The number of benzene rings is 3. The Morgan fingerprint density at radius 1 is 0.968 bits per heavy atom. The van der Waals surface area contributed by atoms with Gasteiger partial charge in [-0.05, 0) is 68.3 Å². The Balaban J connectivity index is 1.62. The average molecular weight is 439 g/mol. The van der Waals surface area contributed by atoms with Gasteiger partial charge in [-0.1, -0.05) is 41.4 Å². The lowest BCUT2D eigenvalue weighted by atomic mass is 10.1. The molecule has 1 amide bonds. The number of nitrogens with one attached hydrogen (secondary N) is 2. The van der Waals surface area contributed by atoms with Crippen LogP contribution in [0, 0.1) is 13.8 Å². The van der Waals surface area contributed by atoms with E-state index >= 15 is 0 Å². The normalized spacial score (nSPS) is 10.5. The highest BCUT2D eigenvalue weighted by Crippen LogP contribution is 2.29. The van der Waals surface area contributed by atoms with Crippen molar-refractivity contribution in [3.63, 3.8) is 0 Å². The van der Waals surface area contributed by atoms with Gasteiger partial charge in [0, 0.05) is 22.9 Å². The first-order valence-corrected chi connectivity index (χ1v) is 10.6. The summed E-state index contributed by atoms with van der Waals surface area (Å²) in [7, 11) is 0. The Hall–Kier alpha value is -3.18. The third kappa shape index (κ3) is 6.40. The highest BCUT2D eigenvalue weighted by molar-refractivity contribution is 6.31. The summed E-state index contributed by atoms with van der Waals surface area (Å²) in [6, 6.07) is 19.1. The summed E-state index contributed by atoms with van der Waals surface area (Å²) in [5.41, 5.74) is 4.89. The maximum atomic E-state index is 12.2. The third-order valence-electron chi connectivity index (χ3n) is 4.75. The number of ether oxygens (including phenoxy) is 2. The molecule has 0 radical (unpaired) electrons. The first-order chi connectivity index (χ1) is 15.0. The van der Waals surface area contributed by atoms with Gasteiger partial charge >= 0.3 is 0 Å². The molecule has 162 valence electrons. The minimum atomic E-state index is -0.228. The van der Waals surface area contributed by atoms with Gasteiger partial charge in [-0.3, -0.25) is 4.79 Å². The summed E-state index contributed by atoms with van der Waals surface area (Å²) < 4.78 is 11.5. The standard InChI is InChI=1S/C25H27ClN2O3/c1-4-30-24-14-19(15-27-22-7-5-6-21(26)18(22)3)10-13-23(24)31-16-25(29)28-20-11-8-17(2)9-12-20/h5-14,27H,4,15-16H2,1-3H3,(H,28,29). The molecule has 0 aliphatic heterocycles. The van der Waals surface area contributed by atoms with E-state index < -0.39 is 0 Å². The molecule has 0 aromatic heterocycles. The van der Waals surface area contributed by atoms with Crippen LogP contribution in [0.5, 0.6) is 11.5 Å². The minimum Gasteiger partial charge on any atom is -0.490 e. The fraction of sp³-hybridized carbons (Fsp3) is 0.240. The van der Waals surface area contributed by atoms with E-state index in [2.05, 4.69) is 10.6 Å². The van der Waals surface area contributed by atoms with Crippen molar-refractivity contribution < 1.29 is 14.3 Å². The molecule has 3 aromatic carbocycles. The van der Waals surface area contributed by atoms with E-state index in [0.29, 0.717) is 24.7 Å². The SMILES string of the molecule is CCOc1cc(CNc2cccc(Cl)c2C)ccc1OCC(=O)Nc1ccc(C)cc1. The van der Waals surface area contributed by atoms with Crippen LogP contribution >= 0.6 is 11.6 Å². The zero-order chi connectivity index (χ0) is 22.2. The van der Waals surface area contributed by atoms with Crippen LogP contribution in [0.3, 0.4) is 0 Å². The number of rotatable bonds is 9. The monoisotopic (exact) mass is 438 g/mol. The molecule has 31 heavy (non-hydrogen) atoms. The molecule has 6 heteroatoms. The number of halogens is 1. The van der Waals surface area contributed by atoms with Crippen LogP contribution in [0.2, 0.25) is 5.02 Å². The zero-order valence-electron chi connectivity index (χ0n) is 18.0. The van der Waals surface area contributed by atoms with E-state index in [1.165, 1.54) is 0 Å². The minimum absolute atomic E-state index is 0.104. The van der Waals surface area contributed by atoms with E-state index in [1.807, 2.05) is 81.4 Å². The number of aryl methyl sites for hydroxylation is 1. The second-order valence-corrected chi connectivity index (χ2v) is 7.59. The largest absolute Gasteiger partial charge is 0.490 e. The van der Waals surface area contributed by atoms with Crippen molar-refractivity contribution in [2.45, 2.75) is 27.3 Å².